The number of H-pyrrole nitrogens is 1. The van der Waals surface area contributed by atoms with E-state index in [4.69, 9.17) is 14.5 Å². The van der Waals surface area contributed by atoms with Gasteiger partial charge in [0, 0.05) is 0 Å². The second kappa shape index (κ2) is 9.35. The number of rotatable bonds is 9. The SMILES string of the molecule is CC(C)(OP(=O)(O)OP(=O)(O)OP(=O)(O)O)[C@H]1O[C@@H](n2cc(F)c(=O)[nH]c2=O)C(F)(CF)[C@H]1O. The van der Waals surface area contributed by atoms with Crippen LogP contribution >= 0.6 is 23.5 Å². The number of nitrogens with one attached hydrogen (secondary N) is 1. The normalized spacial score (nSPS) is 29.5. The van der Waals surface area contributed by atoms with Crippen molar-refractivity contribution in [2.75, 3.05) is 6.67 Å². The summed E-state index contributed by atoms with van der Waals surface area (Å²) in [6.07, 6.45) is -7.09. The number of alkyl halides is 2. The van der Waals surface area contributed by atoms with E-state index in [9.17, 15) is 47.0 Å². The second-order valence-electron chi connectivity index (χ2n) is 7.34. The molecule has 2 heterocycles. The van der Waals surface area contributed by atoms with Gasteiger partial charge in [0.05, 0.1) is 6.20 Å². The third-order valence-corrected chi connectivity index (χ3v) is 8.33. The van der Waals surface area contributed by atoms with Gasteiger partial charge in [-0.1, -0.05) is 0 Å². The first-order valence-corrected chi connectivity index (χ1v) is 13.1. The summed E-state index contributed by atoms with van der Waals surface area (Å²) < 4.78 is 93.6. The Hall–Kier alpha value is -1.20. The number of hydrogen-bond acceptors (Lipinski definition) is 10. The molecule has 1 fully saturated rings. The third kappa shape index (κ3) is 6.32. The van der Waals surface area contributed by atoms with Crippen LogP contribution in [0.4, 0.5) is 13.2 Å². The highest BCUT2D eigenvalue weighted by molar-refractivity contribution is 7.66. The number of halogens is 3. The van der Waals surface area contributed by atoms with Crippen LogP contribution in [-0.2, 0) is 31.6 Å². The Morgan fingerprint density at radius 3 is 2.24 bits per heavy atom. The smallest absolute Gasteiger partial charge is 0.387 e. The van der Waals surface area contributed by atoms with Crippen molar-refractivity contribution >= 4 is 23.5 Å². The summed E-state index contributed by atoms with van der Waals surface area (Å²) in [7, 11) is -17.5. The number of aliphatic hydroxyl groups is 1. The van der Waals surface area contributed by atoms with Crippen LogP contribution < -0.4 is 11.2 Å². The predicted molar refractivity (Wildman–Crippen MR) is 100 cm³/mol. The van der Waals surface area contributed by atoms with Crippen LogP contribution in [0.15, 0.2) is 15.8 Å². The maximum atomic E-state index is 15.3. The van der Waals surface area contributed by atoms with E-state index in [0.29, 0.717) is 0 Å². The molecule has 0 aliphatic carbocycles. The highest BCUT2D eigenvalue weighted by Gasteiger charge is 2.63. The molecule has 1 aromatic heterocycles. The maximum Gasteiger partial charge on any atom is 0.490 e. The van der Waals surface area contributed by atoms with E-state index in [1.54, 1.807) is 0 Å². The van der Waals surface area contributed by atoms with Crippen molar-refractivity contribution in [1.29, 1.82) is 0 Å². The van der Waals surface area contributed by atoms with Crippen LogP contribution in [0.2, 0.25) is 0 Å². The molecule has 0 spiro atoms. The van der Waals surface area contributed by atoms with Gasteiger partial charge in [-0.15, -0.1) is 0 Å². The Morgan fingerprint density at radius 1 is 1.18 bits per heavy atom. The molecule has 0 radical (unpaired) electrons. The van der Waals surface area contributed by atoms with Crippen molar-refractivity contribution < 1.29 is 69.4 Å². The van der Waals surface area contributed by atoms with E-state index in [0.717, 1.165) is 13.8 Å². The molecular formula is C12H18F3N2O14P3. The molecule has 3 unspecified atom stereocenters. The highest BCUT2D eigenvalue weighted by atomic mass is 31.3. The van der Waals surface area contributed by atoms with Gasteiger partial charge in [-0.3, -0.25) is 18.9 Å². The van der Waals surface area contributed by atoms with Gasteiger partial charge in [-0.05, 0) is 13.8 Å². The van der Waals surface area contributed by atoms with Gasteiger partial charge in [0.15, 0.2) is 6.23 Å². The number of hydrogen-bond donors (Lipinski definition) is 6. The topological polar surface area (TPSA) is 244 Å². The van der Waals surface area contributed by atoms with Crippen molar-refractivity contribution in [1.82, 2.24) is 9.55 Å². The standard InChI is InChI=1S/C12H18F3N2O14P3/c1-11(2,29-33(24,25)31-34(26,27)30-32(21,22)23)7-6(18)12(15,4-13)9(28-7)17-3-5(14)8(19)16-10(17)20/h3,6-7,9,18H,4H2,1-2H3,(H,24,25)(H,26,27)(H,16,19,20)(H2,21,22,23)/t6-,7-,9+,12?/m0/s1. The van der Waals surface area contributed by atoms with Crippen LogP contribution in [-0.4, -0.2) is 64.4 Å². The lowest BCUT2D eigenvalue weighted by Gasteiger charge is -2.34. The van der Waals surface area contributed by atoms with E-state index in [1.807, 2.05) is 0 Å². The van der Waals surface area contributed by atoms with Gasteiger partial charge >= 0.3 is 29.2 Å². The number of phosphoric ester groups is 1. The summed E-state index contributed by atoms with van der Waals surface area (Å²) in [5, 5.41) is 10.3. The van der Waals surface area contributed by atoms with E-state index < -0.39 is 76.9 Å². The molecule has 196 valence electrons. The molecule has 1 aromatic rings. The molecule has 16 nitrogen and oxygen atoms in total. The second-order valence-corrected chi connectivity index (χ2v) is 11.7. The van der Waals surface area contributed by atoms with Gasteiger partial charge in [0.2, 0.25) is 11.5 Å². The van der Waals surface area contributed by atoms with Crippen molar-refractivity contribution in [3.05, 3.63) is 32.9 Å². The van der Waals surface area contributed by atoms with Gasteiger partial charge in [0.25, 0.3) is 5.56 Å². The Morgan fingerprint density at radius 2 is 1.74 bits per heavy atom. The molecule has 2 rings (SSSR count). The minimum atomic E-state index is -5.94. The largest absolute Gasteiger partial charge is 0.490 e. The average molecular weight is 564 g/mol. The van der Waals surface area contributed by atoms with Crippen molar-refractivity contribution in [2.45, 2.75) is 43.6 Å². The summed E-state index contributed by atoms with van der Waals surface area (Å²) in [6.45, 7) is -0.457. The Kier molecular flexibility index (Phi) is 7.98. The molecule has 22 heteroatoms. The quantitative estimate of drug-likeness (QED) is 0.212. The molecule has 1 aliphatic rings. The molecule has 6 N–H and O–H groups in total. The number of nitrogens with zero attached hydrogens (tertiary/aromatic N) is 1. The van der Waals surface area contributed by atoms with Gasteiger partial charge in [-0.2, -0.15) is 13.0 Å². The molecule has 0 amide bonds. The molecule has 1 aliphatic heterocycles. The summed E-state index contributed by atoms with van der Waals surface area (Å²) in [4.78, 5) is 60.6. The zero-order valence-corrected chi connectivity index (χ0v) is 19.5. The minimum Gasteiger partial charge on any atom is -0.387 e. The van der Waals surface area contributed by atoms with E-state index >= 15 is 4.39 Å². The summed E-state index contributed by atoms with van der Waals surface area (Å²) >= 11 is 0. The zero-order chi connectivity index (χ0) is 26.5. The number of aromatic nitrogens is 2. The predicted octanol–water partition coefficient (Wildman–Crippen LogP) is -0.266. The fraction of sp³-hybridized carbons (Fsp3) is 0.667. The minimum absolute atomic E-state index is 0.0560. The van der Waals surface area contributed by atoms with Crippen molar-refractivity contribution in [3.63, 3.8) is 0 Å². The Balaban J connectivity index is 2.39. The maximum absolute atomic E-state index is 15.3. The number of aliphatic hydroxyl groups excluding tert-OH is 1. The Bertz CT molecular complexity index is 1200. The fourth-order valence-electron chi connectivity index (χ4n) is 2.99. The van der Waals surface area contributed by atoms with Crippen LogP contribution in [0.25, 0.3) is 0 Å². The lowest BCUT2D eigenvalue weighted by Crippen LogP contribution is -2.51. The average Bonchev–Trinajstić information content (AvgIpc) is 2.87. The first kappa shape index (κ1) is 29.0. The zero-order valence-electron chi connectivity index (χ0n) is 16.8. The summed E-state index contributed by atoms with van der Waals surface area (Å²) in [5.41, 5.74) is -8.95. The molecular weight excluding hydrogens is 546 g/mol. The molecule has 1 saturated heterocycles. The van der Waals surface area contributed by atoms with Crippen LogP contribution in [0, 0.1) is 5.82 Å². The summed E-state index contributed by atoms with van der Waals surface area (Å²) in [6, 6.07) is 0. The van der Waals surface area contributed by atoms with Crippen LogP contribution in [0.1, 0.15) is 20.1 Å². The van der Waals surface area contributed by atoms with Gasteiger partial charge in [-0.25, -0.2) is 27.3 Å². The van der Waals surface area contributed by atoms with Gasteiger partial charge in [0.1, 0.15) is 24.5 Å². The van der Waals surface area contributed by atoms with E-state index in [1.165, 1.54) is 4.98 Å². The number of ether oxygens (including phenoxy) is 1. The van der Waals surface area contributed by atoms with E-state index in [2.05, 4.69) is 13.1 Å². The molecule has 0 saturated carbocycles. The Labute approximate surface area is 186 Å². The van der Waals surface area contributed by atoms with E-state index in [-0.39, 0.29) is 10.8 Å². The number of aromatic amines is 1. The van der Waals surface area contributed by atoms with Gasteiger partial charge < -0.3 is 29.4 Å². The lowest BCUT2D eigenvalue weighted by molar-refractivity contribution is -0.120. The van der Waals surface area contributed by atoms with Crippen molar-refractivity contribution in [2.24, 2.45) is 0 Å². The third-order valence-electron chi connectivity index (χ3n) is 4.30. The molecule has 0 aromatic carbocycles. The number of phosphoric acid groups is 3. The molecule has 34 heavy (non-hydrogen) atoms. The van der Waals surface area contributed by atoms with Crippen LogP contribution in [0.5, 0.6) is 0 Å². The molecule has 0 bridgehead atoms. The fourth-order valence-corrected chi connectivity index (χ4v) is 6.33. The first-order valence-electron chi connectivity index (χ1n) is 8.58. The van der Waals surface area contributed by atoms with Crippen molar-refractivity contribution in [3.8, 4) is 0 Å². The summed E-state index contributed by atoms with van der Waals surface area (Å²) in [5.74, 6) is -1.62. The molecule has 6 atom stereocenters. The highest BCUT2D eigenvalue weighted by Crippen LogP contribution is 2.67. The monoisotopic (exact) mass is 564 g/mol. The van der Waals surface area contributed by atoms with Crippen LogP contribution in [0.3, 0.4) is 0 Å². The first-order chi connectivity index (χ1) is 15.1. The lowest BCUT2D eigenvalue weighted by atomic mass is 9.89.